The van der Waals surface area contributed by atoms with Gasteiger partial charge in [-0.05, 0) is 12.8 Å². The number of nitrogens with one attached hydrogen (secondary N) is 1. The van der Waals surface area contributed by atoms with Crippen LogP contribution in [0.2, 0.25) is 0 Å². The molecule has 1 saturated carbocycles. The molecule has 0 radical (unpaired) electrons. The zero-order valence-corrected chi connectivity index (χ0v) is 9.52. The van der Waals surface area contributed by atoms with Crippen molar-refractivity contribution in [1.82, 2.24) is 5.32 Å². The molecule has 1 aromatic rings. The number of carbonyl (C=O) groups is 2. The molecule has 18 heavy (non-hydrogen) atoms. The first kappa shape index (κ1) is 12.6. The van der Waals surface area contributed by atoms with E-state index < -0.39 is 40.2 Å². The monoisotopic (exact) mass is 257 g/mol. The Hall–Kier alpha value is -1.85. The third-order valence-corrected chi connectivity index (χ3v) is 2.91. The van der Waals surface area contributed by atoms with Crippen molar-refractivity contribution in [2.24, 2.45) is 0 Å². The molecule has 1 aliphatic carbocycles. The van der Waals surface area contributed by atoms with Gasteiger partial charge >= 0.3 is 0 Å². The van der Waals surface area contributed by atoms with Crippen LogP contribution in [0.4, 0.5) is 13.2 Å². The van der Waals surface area contributed by atoms with Gasteiger partial charge in [0.25, 0.3) is 5.91 Å². The van der Waals surface area contributed by atoms with E-state index in [0.717, 1.165) is 6.92 Å². The van der Waals surface area contributed by atoms with Crippen molar-refractivity contribution in [2.75, 3.05) is 0 Å². The summed E-state index contributed by atoms with van der Waals surface area (Å²) in [6.45, 7) is 1.06. The summed E-state index contributed by atoms with van der Waals surface area (Å²) in [6, 6.07) is 1.11. The molecule has 0 spiro atoms. The molecule has 0 aliphatic heterocycles. The summed E-state index contributed by atoms with van der Waals surface area (Å²) in [4.78, 5) is 22.1. The fraction of sp³-hybridized carbons (Fsp3) is 0.333. The Morgan fingerprint density at radius 1 is 1.17 bits per heavy atom. The van der Waals surface area contributed by atoms with Crippen LogP contribution in [-0.2, 0) is 15.1 Å². The number of ketones is 1. The molecule has 1 amide bonds. The van der Waals surface area contributed by atoms with Crippen LogP contribution in [0.5, 0.6) is 0 Å². The van der Waals surface area contributed by atoms with Crippen LogP contribution in [0.15, 0.2) is 12.1 Å². The molecule has 0 heterocycles. The topological polar surface area (TPSA) is 46.2 Å². The Kier molecular flexibility index (Phi) is 2.88. The second-order valence-corrected chi connectivity index (χ2v) is 4.34. The van der Waals surface area contributed by atoms with Gasteiger partial charge < -0.3 is 5.32 Å². The van der Waals surface area contributed by atoms with E-state index in [2.05, 4.69) is 5.32 Å². The molecule has 0 bridgehead atoms. The highest BCUT2D eigenvalue weighted by molar-refractivity contribution is 6.35. The quantitative estimate of drug-likeness (QED) is 0.839. The maximum Gasteiger partial charge on any atom is 0.287 e. The van der Waals surface area contributed by atoms with Crippen molar-refractivity contribution >= 4 is 11.7 Å². The average Bonchev–Trinajstić information content (AvgIpc) is 2.96. The predicted molar refractivity (Wildman–Crippen MR) is 56.1 cm³/mol. The molecule has 96 valence electrons. The molecular formula is C12H10F3NO2. The number of carbonyl (C=O) groups excluding carboxylic acids is 2. The lowest BCUT2D eigenvalue weighted by Gasteiger charge is -2.18. The van der Waals surface area contributed by atoms with Gasteiger partial charge in [-0.25, -0.2) is 13.2 Å². The lowest BCUT2D eigenvalue weighted by Crippen LogP contribution is -2.39. The van der Waals surface area contributed by atoms with Crippen molar-refractivity contribution in [3.8, 4) is 0 Å². The Balaban J connectivity index is 2.37. The lowest BCUT2D eigenvalue weighted by molar-refractivity contribution is -0.137. The summed E-state index contributed by atoms with van der Waals surface area (Å²) in [6.07, 6.45) is 0.622. The number of benzene rings is 1. The largest absolute Gasteiger partial charge is 0.340 e. The molecule has 1 N–H and O–H groups in total. The van der Waals surface area contributed by atoms with Gasteiger partial charge in [-0.1, -0.05) is 0 Å². The van der Waals surface area contributed by atoms with Crippen LogP contribution < -0.4 is 5.32 Å². The lowest BCUT2D eigenvalue weighted by atomic mass is 10.0. The van der Waals surface area contributed by atoms with Crippen LogP contribution in [-0.4, -0.2) is 11.7 Å². The third-order valence-electron chi connectivity index (χ3n) is 2.91. The van der Waals surface area contributed by atoms with E-state index in [9.17, 15) is 22.8 Å². The fourth-order valence-electron chi connectivity index (χ4n) is 1.87. The first-order chi connectivity index (χ1) is 8.35. The first-order valence-corrected chi connectivity index (χ1v) is 5.34. The van der Waals surface area contributed by atoms with E-state index in [0.29, 0.717) is 25.0 Å². The highest BCUT2D eigenvalue weighted by atomic mass is 19.1. The van der Waals surface area contributed by atoms with E-state index in [1.54, 1.807) is 0 Å². The van der Waals surface area contributed by atoms with Crippen LogP contribution in [0.3, 0.4) is 0 Å². The van der Waals surface area contributed by atoms with Crippen molar-refractivity contribution in [3.63, 3.8) is 0 Å². The van der Waals surface area contributed by atoms with E-state index in [1.807, 2.05) is 0 Å². The van der Waals surface area contributed by atoms with Crippen molar-refractivity contribution in [3.05, 3.63) is 35.1 Å². The molecule has 1 aliphatic rings. The molecular weight excluding hydrogens is 247 g/mol. The van der Waals surface area contributed by atoms with Gasteiger partial charge in [-0.15, -0.1) is 0 Å². The van der Waals surface area contributed by atoms with Crippen molar-refractivity contribution in [1.29, 1.82) is 0 Å². The summed E-state index contributed by atoms with van der Waals surface area (Å²) in [5.74, 6) is -4.80. The number of halogens is 3. The number of rotatable bonds is 3. The van der Waals surface area contributed by atoms with Crippen LogP contribution in [0.25, 0.3) is 0 Å². The second-order valence-electron chi connectivity index (χ2n) is 4.34. The zero-order valence-electron chi connectivity index (χ0n) is 9.52. The summed E-state index contributed by atoms with van der Waals surface area (Å²) in [5.41, 5.74) is -1.61. The third kappa shape index (κ3) is 2.10. The summed E-state index contributed by atoms with van der Waals surface area (Å²) >= 11 is 0. The van der Waals surface area contributed by atoms with E-state index in [-0.39, 0.29) is 0 Å². The van der Waals surface area contributed by atoms with E-state index in [4.69, 9.17) is 0 Å². The predicted octanol–water partition coefficient (Wildman–Crippen LogP) is 1.80. The van der Waals surface area contributed by atoms with Gasteiger partial charge in [0.15, 0.2) is 0 Å². The van der Waals surface area contributed by atoms with Crippen LogP contribution >= 0.6 is 0 Å². The summed E-state index contributed by atoms with van der Waals surface area (Å²) in [5, 5.41) is 2.29. The van der Waals surface area contributed by atoms with Gasteiger partial charge in [-0.2, -0.15) is 0 Å². The smallest absolute Gasteiger partial charge is 0.287 e. The molecule has 2 rings (SSSR count). The second kappa shape index (κ2) is 4.12. The normalized spacial score (nSPS) is 16.2. The summed E-state index contributed by atoms with van der Waals surface area (Å²) in [7, 11) is 0. The van der Waals surface area contributed by atoms with Gasteiger partial charge in [0.05, 0.1) is 5.54 Å². The highest BCUT2D eigenvalue weighted by Gasteiger charge is 2.49. The van der Waals surface area contributed by atoms with Crippen LogP contribution in [0, 0.1) is 17.5 Å². The van der Waals surface area contributed by atoms with E-state index >= 15 is 0 Å². The zero-order chi connectivity index (χ0) is 13.5. The maximum absolute atomic E-state index is 13.6. The van der Waals surface area contributed by atoms with Crippen LogP contribution in [0.1, 0.15) is 25.3 Å². The van der Waals surface area contributed by atoms with Gasteiger partial charge in [0.1, 0.15) is 17.5 Å². The number of Topliss-reactive ketones (excluding diaryl/α,β-unsaturated/α-hetero) is 1. The maximum atomic E-state index is 13.6. The Bertz CT molecular complexity index is 515. The SMILES string of the molecule is CC(=O)C(=O)NC1(c2c(F)cc(F)cc2F)CC1. The first-order valence-electron chi connectivity index (χ1n) is 5.34. The standard InChI is InChI=1S/C12H10F3NO2/c1-6(17)11(18)16-12(2-3-12)10-8(14)4-7(13)5-9(10)15/h4-5H,2-3H2,1H3,(H,16,18). The molecule has 1 aromatic carbocycles. The molecule has 0 atom stereocenters. The minimum Gasteiger partial charge on any atom is -0.340 e. The molecule has 0 unspecified atom stereocenters. The fourth-order valence-corrected chi connectivity index (χ4v) is 1.87. The van der Waals surface area contributed by atoms with Crippen molar-refractivity contribution < 1.29 is 22.8 Å². The minimum absolute atomic E-state index is 0.311. The number of hydrogen-bond donors (Lipinski definition) is 1. The average molecular weight is 257 g/mol. The molecule has 0 aromatic heterocycles. The molecule has 0 saturated heterocycles. The highest BCUT2D eigenvalue weighted by Crippen LogP contribution is 2.47. The number of amides is 1. The molecule has 3 nitrogen and oxygen atoms in total. The molecule has 1 fully saturated rings. The Morgan fingerprint density at radius 3 is 2.06 bits per heavy atom. The molecule has 6 heteroatoms. The van der Waals surface area contributed by atoms with E-state index in [1.165, 1.54) is 0 Å². The number of hydrogen-bond acceptors (Lipinski definition) is 2. The Morgan fingerprint density at radius 2 is 1.67 bits per heavy atom. The van der Waals surface area contributed by atoms with Crippen molar-refractivity contribution in [2.45, 2.75) is 25.3 Å². The van der Waals surface area contributed by atoms with Gasteiger partial charge in [-0.3, -0.25) is 9.59 Å². The minimum atomic E-state index is -1.22. The van der Waals surface area contributed by atoms with Gasteiger partial charge in [0.2, 0.25) is 5.78 Å². The van der Waals surface area contributed by atoms with Gasteiger partial charge in [0, 0.05) is 24.6 Å². The summed E-state index contributed by atoms with van der Waals surface area (Å²) < 4.78 is 40.0. The Labute approximate surface area is 101 Å².